The summed E-state index contributed by atoms with van der Waals surface area (Å²) in [6.07, 6.45) is 3.09. The third kappa shape index (κ3) is 2.25. The van der Waals surface area contributed by atoms with Crippen LogP contribution in [0, 0.1) is 6.92 Å². The number of pyridine rings is 1. The summed E-state index contributed by atoms with van der Waals surface area (Å²) >= 11 is 0. The summed E-state index contributed by atoms with van der Waals surface area (Å²) in [5.41, 5.74) is 12.9. The van der Waals surface area contributed by atoms with Gasteiger partial charge < -0.3 is 10.1 Å². The van der Waals surface area contributed by atoms with Gasteiger partial charge in [-0.25, -0.2) is 4.98 Å². The van der Waals surface area contributed by atoms with Crippen LogP contribution in [0.3, 0.4) is 0 Å². The molecule has 1 aliphatic heterocycles. The van der Waals surface area contributed by atoms with Crippen molar-refractivity contribution >= 4 is 11.3 Å². The van der Waals surface area contributed by atoms with Crippen LogP contribution in [-0.4, -0.2) is 20.8 Å². The fourth-order valence-electron chi connectivity index (χ4n) is 3.32. The Bertz CT molecular complexity index is 834. The van der Waals surface area contributed by atoms with Crippen LogP contribution in [0.4, 0.5) is 5.69 Å². The zero-order valence-corrected chi connectivity index (χ0v) is 12.8. The minimum absolute atomic E-state index is 0.773. The van der Waals surface area contributed by atoms with Crippen molar-refractivity contribution in [3.05, 3.63) is 65.1 Å². The van der Waals surface area contributed by atoms with Gasteiger partial charge in [-0.2, -0.15) is 0 Å². The molecule has 1 aromatic carbocycles. The highest BCUT2D eigenvalue weighted by molar-refractivity contribution is 5.50. The van der Waals surface area contributed by atoms with Crippen molar-refractivity contribution in [2.75, 3.05) is 12.3 Å². The van der Waals surface area contributed by atoms with Gasteiger partial charge in [0.1, 0.15) is 5.65 Å². The number of nitrogens with zero attached hydrogens (tertiary/aromatic N) is 3. The lowest BCUT2D eigenvalue weighted by Crippen LogP contribution is -2.30. The number of nitrogen functional groups attached to an aromatic ring is 1. The number of hydrogen-bond acceptors (Lipinski definition) is 3. The smallest absolute Gasteiger partial charge is 0.137 e. The molecule has 0 amide bonds. The molecule has 0 saturated heterocycles. The van der Waals surface area contributed by atoms with Crippen LogP contribution in [0.25, 0.3) is 5.65 Å². The topological polar surface area (TPSA) is 46.6 Å². The van der Waals surface area contributed by atoms with Crippen molar-refractivity contribution in [3.8, 4) is 0 Å². The molecule has 4 heteroatoms. The zero-order chi connectivity index (χ0) is 15.1. The number of imidazole rings is 1. The second-order valence-corrected chi connectivity index (χ2v) is 6.06. The summed E-state index contributed by atoms with van der Waals surface area (Å²) in [5.74, 6) is 0. The molecule has 3 aromatic rings. The monoisotopic (exact) mass is 292 g/mol. The second kappa shape index (κ2) is 5.14. The van der Waals surface area contributed by atoms with E-state index >= 15 is 0 Å². The number of aromatic nitrogens is 2. The molecule has 3 heterocycles. The Morgan fingerprint density at radius 3 is 2.82 bits per heavy atom. The third-order valence-corrected chi connectivity index (χ3v) is 4.52. The standard InChI is InChI=1S/C18H20N4/c1-13-17(22-11-16(19)6-7-18(22)20-13)12-21-9-8-14-4-2-3-5-15(14)10-21/h2-7,11H,8-10,12,19H2,1H3. The lowest BCUT2D eigenvalue weighted by molar-refractivity contribution is 0.241. The first-order valence-electron chi connectivity index (χ1n) is 7.73. The molecule has 0 aliphatic carbocycles. The van der Waals surface area contributed by atoms with E-state index in [0.29, 0.717) is 0 Å². The van der Waals surface area contributed by atoms with Gasteiger partial charge >= 0.3 is 0 Å². The highest BCUT2D eigenvalue weighted by Gasteiger charge is 2.18. The average Bonchev–Trinajstić information content (AvgIpc) is 2.83. The fourth-order valence-corrected chi connectivity index (χ4v) is 3.32. The number of anilines is 1. The molecule has 0 unspecified atom stereocenters. The summed E-state index contributed by atoms with van der Waals surface area (Å²) in [6, 6.07) is 12.6. The summed E-state index contributed by atoms with van der Waals surface area (Å²) in [7, 11) is 0. The van der Waals surface area contributed by atoms with Crippen LogP contribution in [0.5, 0.6) is 0 Å². The summed E-state index contributed by atoms with van der Waals surface area (Å²) < 4.78 is 2.13. The first kappa shape index (κ1) is 13.3. The lowest BCUT2D eigenvalue weighted by atomic mass is 10.00. The number of nitrogens with two attached hydrogens (primary N) is 1. The van der Waals surface area contributed by atoms with Gasteiger partial charge in [0.2, 0.25) is 0 Å². The molecule has 0 radical (unpaired) electrons. The molecule has 112 valence electrons. The van der Waals surface area contributed by atoms with Crippen molar-refractivity contribution in [1.82, 2.24) is 14.3 Å². The van der Waals surface area contributed by atoms with Crippen molar-refractivity contribution in [1.29, 1.82) is 0 Å². The number of hydrogen-bond donors (Lipinski definition) is 1. The maximum Gasteiger partial charge on any atom is 0.137 e. The van der Waals surface area contributed by atoms with Crippen LogP contribution >= 0.6 is 0 Å². The second-order valence-electron chi connectivity index (χ2n) is 6.06. The summed E-state index contributed by atoms with van der Waals surface area (Å²) in [5, 5.41) is 0. The van der Waals surface area contributed by atoms with Gasteiger partial charge in [-0.15, -0.1) is 0 Å². The van der Waals surface area contributed by atoms with Gasteiger partial charge in [0.05, 0.1) is 11.4 Å². The molecule has 0 saturated carbocycles. The molecule has 1 aliphatic rings. The van der Waals surface area contributed by atoms with Gasteiger partial charge in [0.25, 0.3) is 0 Å². The van der Waals surface area contributed by atoms with Gasteiger partial charge in [-0.05, 0) is 36.6 Å². The third-order valence-electron chi connectivity index (χ3n) is 4.52. The molecule has 0 spiro atoms. The quantitative estimate of drug-likeness (QED) is 0.790. The van der Waals surface area contributed by atoms with E-state index in [2.05, 4.69) is 45.5 Å². The fraction of sp³-hybridized carbons (Fsp3) is 0.278. The van der Waals surface area contributed by atoms with E-state index in [-0.39, 0.29) is 0 Å². The van der Waals surface area contributed by atoms with Crippen LogP contribution < -0.4 is 5.73 Å². The van der Waals surface area contributed by atoms with Crippen molar-refractivity contribution < 1.29 is 0 Å². The Morgan fingerprint density at radius 1 is 1.14 bits per heavy atom. The Labute approximate surface area is 130 Å². The first-order chi connectivity index (χ1) is 10.7. The normalized spacial score (nSPS) is 15.1. The van der Waals surface area contributed by atoms with Gasteiger partial charge in [0, 0.05) is 31.5 Å². The van der Waals surface area contributed by atoms with Crippen LogP contribution in [0.2, 0.25) is 0 Å². The van der Waals surface area contributed by atoms with E-state index in [1.165, 1.54) is 16.8 Å². The maximum absolute atomic E-state index is 5.94. The van der Waals surface area contributed by atoms with Crippen molar-refractivity contribution in [2.45, 2.75) is 26.4 Å². The van der Waals surface area contributed by atoms with Gasteiger partial charge in [-0.3, -0.25) is 4.90 Å². The first-order valence-corrected chi connectivity index (χ1v) is 7.73. The Hall–Kier alpha value is -2.33. The maximum atomic E-state index is 5.94. The van der Waals surface area contributed by atoms with Crippen molar-refractivity contribution in [2.24, 2.45) is 0 Å². The minimum atomic E-state index is 0.773. The molecule has 22 heavy (non-hydrogen) atoms. The predicted octanol–water partition coefficient (Wildman–Crippen LogP) is 2.78. The van der Waals surface area contributed by atoms with Crippen molar-refractivity contribution in [3.63, 3.8) is 0 Å². The predicted molar refractivity (Wildman–Crippen MR) is 88.6 cm³/mol. The largest absolute Gasteiger partial charge is 0.398 e. The molecular weight excluding hydrogens is 272 g/mol. The highest BCUT2D eigenvalue weighted by Crippen LogP contribution is 2.22. The van der Waals surface area contributed by atoms with E-state index in [0.717, 1.165) is 43.1 Å². The molecule has 4 rings (SSSR count). The van der Waals surface area contributed by atoms with Crippen LogP contribution in [0.1, 0.15) is 22.5 Å². The molecule has 2 aromatic heterocycles. The number of rotatable bonds is 2. The molecule has 2 N–H and O–H groups in total. The van der Waals surface area contributed by atoms with E-state index in [1.807, 2.05) is 18.3 Å². The zero-order valence-electron chi connectivity index (χ0n) is 12.8. The Morgan fingerprint density at radius 2 is 1.95 bits per heavy atom. The van der Waals surface area contributed by atoms with Crippen LogP contribution in [0.15, 0.2) is 42.6 Å². The lowest BCUT2D eigenvalue weighted by Gasteiger charge is -2.28. The molecule has 0 bridgehead atoms. The number of fused-ring (bicyclic) bond motifs is 2. The van der Waals surface area contributed by atoms with E-state index < -0.39 is 0 Å². The molecule has 0 atom stereocenters. The summed E-state index contributed by atoms with van der Waals surface area (Å²) in [4.78, 5) is 7.13. The molecule has 4 nitrogen and oxygen atoms in total. The van der Waals surface area contributed by atoms with Crippen LogP contribution in [-0.2, 0) is 19.5 Å². The minimum Gasteiger partial charge on any atom is -0.398 e. The number of benzene rings is 1. The van der Waals surface area contributed by atoms with E-state index in [1.54, 1.807) is 0 Å². The Kier molecular flexibility index (Phi) is 3.12. The van der Waals surface area contributed by atoms with E-state index in [4.69, 9.17) is 5.73 Å². The molecular formula is C18H20N4. The summed E-state index contributed by atoms with van der Waals surface area (Å²) in [6.45, 7) is 5.08. The SMILES string of the molecule is Cc1nc2ccc(N)cn2c1CN1CCc2ccccc2C1. The van der Waals surface area contributed by atoms with Gasteiger partial charge in [-0.1, -0.05) is 24.3 Å². The highest BCUT2D eigenvalue weighted by atomic mass is 15.2. The van der Waals surface area contributed by atoms with E-state index in [9.17, 15) is 0 Å². The molecule has 0 fully saturated rings. The van der Waals surface area contributed by atoms with Gasteiger partial charge in [0.15, 0.2) is 0 Å². The Balaban J connectivity index is 1.65. The average molecular weight is 292 g/mol. The number of aryl methyl sites for hydroxylation is 1.